The fraction of sp³-hybridized carbons (Fsp3) is 0.375. The molecule has 1 aliphatic heterocycles. The van der Waals surface area contributed by atoms with Gasteiger partial charge in [-0.05, 0) is 36.5 Å². The van der Waals surface area contributed by atoms with Crippen molar-refractivity contribution in [2.45, 2.75) is 46.1 Å². The third-order valence-electron chi connectivity index (χ3n) is 5.41. The van der Waals surface area contributed by atoms with Crippen LogP contribution in [0.1, 0.15) is 51.6 Å². The first kappa shape index (κ1) is 18.6. The molecule has 2 aliphatic rings. The molecule has 0 bridgehead atoms. The van der Waals surface area contributed by atoms with Gasteiger partial charge in [0.1, 0.15) is 5.75 Å². The first-order chi connectivity index (χ1) is 13.5. The summed E-state index contributed by atoms with van der Waals surface area (Å²) in [6.07, 6.45) is 2.34. The molecule has 2 N–H and O–H groups in total. The maximum atomic E-state index is 13.3. The van der Waals surface area contributed by atoms with Gasteiger partial charge in [0.25, 0.3) is 0 Å². The van der Waals surface area contributed by atoms with Crippen molar-refractivity contribution in [2.24, 2.45) is 5.41 Å². The molecule has 2 aromatic carbocycles. The van der Waals surface area contributed by atoms with Crippen LogP contribution in [-0.2, 0) is 4.79 Å². The van der Waals surface area contributed by atoms with Crippen molar-refractivity contribution in [3.63, 3.8) is 0 Å². The largest absolute Gasteiger partial charge is 0.493 e. The van der Waals surface area contributed by atoms with Crippen molar-refractivity contribution in [1.29, 1.82) is 0 Å². The smallest absolute Gasteiger partial charge is 0.163 e. The Hall–Kier alpha value is -2.75. The Morgan fingerprint density at radius 1 is 1.04 bits per heavy atom. The molecule has 4 rings (SSSR count). The fourth-order valence-electron chi connectivity index (χ4n) is 4.19. The molecule has 0 amide bonds. The number of allylic oxidation sites excluding steroid dienone is 1. The highest BCUT2D eigenvalue weighted by Gasteiger charge is 2.39. The summed E-state index contributed by atoms with van der Waals surface area (Å²) in [5, 5.41) is 7.19. The maximum Gasteiger partial charge on any atom is 0.163 e. The highest BCUT2D eigenvalue weighted by molar-refractivity contribution is 6.01. The average Bonchev–Trinajstić information content (AvgIpc) is 2.82. The van der Waals surface area contributed by atoms with Crippen LogP contribution < -0.4 is 15.4 Å². The molecule has 1 aliphatic carbocycles. The van der Waals surface area contributed by atoms with Crippen LogP contribution in [0.4, 0.5) is 11.4 Å². The van der Waals surface area contributed by atoms with Gasteiger partial charge in [-0.2, -0.15) is 0 Å². The van der Waals surface area contributed by atoms with Crippen LogP contribution in [0.25, 0.3) is 0 Å². The van der Waals surface area contributed by atoms with Crippen LogP contribution in [0.15, 0.2) is 59.8 Å². The lowest BCUT2D eigenvalue weighted by atomic mass is 9.73. The lowest BCUT2D eigenvalue weighted by molar-refractivity contribution is -0.118. The summed E-state index contributed by atoms with van der Waals surface area (Å²) in [7, 11) is 0. The number of nitrogens with one attached hydrogen (secondary N) is 2. The van der Waals surface area contributed by atoms with Crippen LogP contribution >= 0.6 is 0 Å². The molecule has 1 atom stereocenters. The number of ketones is 1. The van der Waals surface area contributed by atoms with Gasteiger partial charge < -0.3 is 15.4 Å². The molecule has 0 saturated carbocycles. The Balaban J connectivity index is 1.86. The first-order valence-corrected chi connectivity index (χ1v) is 10.1. The number of anilines is 2. The van der Waals surface area contributed by atoms with Crippen LogP contribution in [0.3, 0.4) is 0 Å². The number of hydrogen-bond acceptors (Lipinski definition) is 4. The Morgan fingerprint density at radius 3 is 2.54 bits per heavy atom. The molecule has 0 spiro atoms. The molecular formula is C24H28N2O2. The molecule has 0 fully saturated rings. The third-order valence-corrected chi connectivity index (χ3v) is 5.41. The zero-order chi connectivity index (χ0) is 19.7. The summed E-state index contributed by atoms with van der Waals surface area (Å²) < 4.78 is 6.03. The second kappa shape index (κ2) is 7.34. The van der Waals surface area contributed by atoms with Gasteiger partial charge >= 0.3 is 0 Å². The van der Waals surface area contributed by atoms with Crippen LogP contribution in [0, 0.1) is 5.41 Å². The van der Waals surface area contributed by atoms with Gasteiger partial charge in [-0.3, -0.25) is 4.79 Å². The molecule has 28 heavy (non-hydrogen) atoms. The third kappa shape index (κ3) is 3.51. The molecule has 0 aromatic heterocycles. The molecule has 4 nitrogen and oxygen atoms in total. The van der Waals surface area contributed by atoms with E-state index in [1.807, 2.05) is 30.3 Å². The Labute approximate surface area is 167 Å². The van der Waals surface area contributed by atoms with Gasteiger partial charge in [-0.25, -0.2) is 0 Å². The van der Waals surface area contributed by atoms with Crippen molar-refractivity contribution < 1.29 is 9.53 Å². The van der Waals surface area contributed by atoms with Crippen LogP contribution in [-0.4, -0.2) is 12.4 Å². The average molecular weight is 377 g/mol. The highest BCUT2D eigenvalue weighted by Crippen LogP contribution is 2.46. The van der Waals surface area contributed by atoms with Crippen molar-refractivity contribution in [3.05, 3.63) is 65.4 Å². The second-order valence-electron chi connectivity index (χ2n) is 8.47. The SMILES string of the molecule is CCCOc1ccccc1C1Nc2ccccc2NC2=C1C(=O)CC(C)(C)C2. The Bertz CT molecular complexity index is 930. The number of Topliss-reactive ketones (excluding diaryl/α,β-unsaturated/α-hetero) is 1. The lowest BCUT2D eigenvalue weighted by Gasteiger charge is -2.34. The number of carbonyl (C=O) groups is 1. The molecule has 2 aromatic rings. The van der Waals surface area contributed by atoms with Gasteiger partial charge in [-0.1, -0.05) is 51.1 Å². The van der Waals surface area contributed by atoms with Crippen LogP contribution in [0.5, 0.6) is 5.75 Å². The second-order valence-corrected chi connectivity index (χ2v) is 8.47. The Morgan fingerprint density at radius 2 is 1.75 bits per heavy atom. The van der Waals surface area contributed by atoms with Crippen molar-refractivity contribution >= 4 is 17.2 Å². The molecule has 0 saturated heterocycles. The number of ether oxygens (including phenoxy) is 1. The number of benzene rings is 2. The van der Waals surface area contributed by atoms with Gasteiger partial charge in [0.15, 0.2) is 5.78 Å². The lowest BCUT2D eigenvalue weighted by Crippen LogP contribution is -2.31. The van der Waals surface area contributed by atoms with Gasteiger partial charge in [0.05, 0.1) is 24.0 Å². The summed E-state index contributed by atoms with van der Waals surface area (Å²) in [4.78, 5) is 13.3. The minimum Gasteiger partial charge on any atom is -0.493 e. The molecule has 1 heterocycles. The Kier molecular flexibility index (Phi) is 4.88. The van der Waals surface area contributed by atoms with E-state index in [-0.39, 0.29) is 17.2 Å². The highest BCUT2D eigenvalue weighted by atomic mass is 16.5. The van der Waals surface area contributed by atoms with E-state index in [9.17, 15) is 4.79 Å². The predicted molar refractivity (Wildman–Crippen MR) is 114 cm³/mol. The van der Waals surface area contributed by atoms with E-state index in [0.29, 0.717) is 13.0 Å². The minimum atomic E-state index is -0.234. The normalized spacial score (nSPS) is 20.4. The standard InChI is InChI=1S/C24H28N2O2/c1-4-13-28-21-12-8-5-9-16(21)23-22-19(14-24(2,3)15-20(22)27)25-17-10-6-7-11-18(17)26-23/h5-12,23,25-26H,4,13-15H2,1-3H3. The monoisotopic (exact) mass is 376 g/mol. The first-order valence-electron chi connectivity index (χ1n) is 10.1. The van der Waals surface area contributed by atoms with E-state index < -0.39 is 0 Å². The van der Waals surface area contributed by atoms with E-state index in [0.717, 1.165) is 46.8 Å². The van der Waals surface area contributed by atoms with E-state index >= 15 is 0 Å². The van der Waals surface area contributed by atoms with Crippen LogP contribution in [0.2, 0.25) is 0 Å². The minimum absolute atomic E-state index is 0.0506. The van der Waals surface area contributed by atoms with E-state index in [1.165, 1.54) is 0 Å². The summed E-state index contributed by atoms with van der Waals surface area (Å²) in [5.41, 5.74) is 4.82. The maximum absolute atomic E-state index is 13.3. The predicted octanol–water partition coefficient (Wildman–Crippen LogP) is 5.70. The van der Waals surface area contributed by atoms with Gasteiger partial charge in [-0.15, -0.1) is 0 Å². The van der Waals surface area contributed by atoms with E-state index in [1.54, 1.807) is 0 Å². The summed E-state index contributed by atoms with van der Waals surface area (Å²) in [5.74, 6) is 1.04. The fourth-order valence-corrected chi connectivity index (χ4v) is 4.19. The number of hydrogen-bond donors (Lipinski definition) is 2. The molecular weight excluding hydrogens is 348 g/mol. The van der Waals surface area contributed by atoms with Gasteiger partial charge in [0, 0.05) is 23.3 Å². The molecule has 0 radical (unpaired) electrons. The number of rotatable bonds is 4. The van der Waals surface area contributed by atoms with Crippen molar-refractivity contribution in [1.82, 2.24) is 0 Å². The number of carbonyl (C=O) groups excluding carboxylic acids is 1. The summed E-state index contributed by atoms with van der Waals surface area (Å²) >= 11 is 0. The molecule has 4 heteroatoms. The van der Waals surface area contributed by atoms with Crippen molar-refractivity contribution in [2.75, 3.05) is 17.2 Å². The quantitative estimate of drug-likeness (QED) is 0.719. The summed E-state index contributed by atoms with van der Waals surface area (Å²) in [6, 6.07) is 16.0. The molecule has 146 valence electrons. The van der Waals surface area contributed by atoms with Gasteiger partial charge in [0.2, 0.25) is 0 Å². The zero-order valence-corrected chi connectivity index (χ0v) is 16.8. The number of para-hydroxylation sites is 3. The molecule has 1 unspecified atom stereocenters. The van der Waals surface area contributed by atoms with Crippen molar-refractivity contribution in [3.8, 4) is 5.75 Å². The van der Waals surface area contributed by atoms with E-state index in [2.05, 4.69) is 49.6 Å². The topological polar surface area (TPSA) is 50.4 Å². The summed E-state index contributed by atoms with van der Waals surface area (Å²) in [6.45, 7) is 7.08. The zero-order valence-electron chi connectivity index (χ0n) is 16.8. The number of fused-ring (bicyclic) bond motifs is 1. The van der Waals surface area contributed by atoms with E-state index in [4.69, 9.17) is 4.74 Å².